The smallest absolute Gasteiger partial charge is 0.284 e. The van der Waals surface area contributed by atoms with Gasteiger partial charge in [0.25, 0.3) is 6.39 Å². The summed E-state index contributed by atoms with van der Waals surface area (Å²) in [6, 6.07) is 14.0. The first-order chi connectivity index (χ1) is 8.90. The van der Waals surface area contributed by atoms with Gasteiger partial charge in [0, 0.05) is 17.7 Å². The van der Waals surface area contributed by atoms with Crippen molar-refractivity contribution >= 4 is 22.2 Å². The van der Waals surface area contributed by atoms with Crippen molar-refractivity contribution in [2.24, 2.45) is 0 Å². The molecule has 4 nitrogen and oxygen atoms in total. The van der Waals surface area contributed by atoms with Crippen molar-refractivity contribution in [3.05, 3.63) is 48.9 Å². The average molecular weight is 234 g/mol. The molecule has 2 aromatic heterocycles. The van der Waals surface area contributed by atoms with E-state index in [1.807, 2.05) is 24.3 Å². The Hall–Kier alpha value is -2.62. The van der Waals surface area contributed by atoms with E-state index in [1.165, 1.54) is 0 Å². The van der Waals surface area contributed by atoms with Crippen LogP contribution in [-0.4, -0.2) is 9.97 Å². The Balaban J connectivity index is 1.98. The molecule has 0 aliphatic carbocycles. The van der Waals surface area contributed by atoms with Crippen molar-refractivity contribution in [1.29, 1.82) is 0 Å². The fraction of sp³-hybridized carbons (Fsp3) is 0. The Morgan fingerprint density at radius 3 is 2.72 bits per heavy atom. The Kier molecular flexibility index (Phi) is 1.80. The largest absolute Gasteiger partial charge is 0.436 e. The maximum absolute atomic E-state index is 5.71. The van der Waals surface area contributed by atoms with Gasteiger partial charge in [-0.05, 0) is 18.2 Å². The molecule has 0 fully saturated rings. The summed E-state index contributed by atoms with van der Waals surface area (Å²) in [5, 5.41) is 0. The van der Waals surface area contributed by atoms with Gasteiger partial charge in [-0.1, -0.05) is 12.1 Å². The average Bonchev–Trinajstić information content (AvgIpc) is 3.01. The molecule has 0 unspecified atom stereocenters. The van der Waals surface area contributed by atoms with Crippen molar-refractivity contribution in [2.75, 3.05) is 0 Å². The molecule has 0 bridgehead atoms. The molecule has 4 heteroatoms. The van der Waals surface area contributed by atoms with E-state index in [0.717, 1.165) is 11.1 Å². The van der Waals surface area contributed by atoms with Gasteiger partial charge < -0.3 is 8.83 Å². The van der Waals surface area contributed by atoms with Crippen LogP contribution in [0.25, 0.3) is 33.7 Å². The van der Waals surface area contributed by atoms with Crippen LogP contribution in [0.1, 0.15) is 0 Å². The Morgan fingerprint density at radius 1 is 1.00 bits per heavy atom. The maximum Gasteiger partial charge on any atom is 0.284 e. The van der Waals surface area contributed by atoms with E-state index in [-0.39, 0.29) is 0 Å². The molecule has 2 aromatic carbocycles. The number of benzene rings is 2. The van der Waals surface area contributed by atoms with E-state index in [2.05, 4.69) is 22.4 Å². The second-order valence-electron chi connectivity index (χ2n) is 3.90. The van der Waals surface area contributed by atoms with Gasteiger partial charge in [-0.15, -0.1) is 0 Å². The van der Waals surface area contributed by atoms with Crippen LogP contribution in [-0.2, 0) is 0 Å². The number of hydrogen-bond acceptors (Lipinski definition) is 4. The van der Waals surface area contributed by atoms with Gasteiger partial charge in [0.1, 0.15) is 11.0 Å². The summed E-state index contributed by atoms with van der Waals surface area (Å²) in [5.41, 5.74) is 3.72. The molecule has 0 atom stereocenters. The summed E-state index contributed by atoms with van der Waals surface area (Å²) in [6.45, 7) is 0. The monoisotopic (exact) mass is 234 g/mol. The minimum absolute atomic E-state index is 0.579. The minimum atomic E-state index is 0.579. The number of nitrogens with zero attached hydrogens (tertiary/aromatic N) is 2. The molecule has 2 heterocycles. The third-order valence-corrected chi connectivity index (χ3v) is 2.76. The second-order valence-corrected chi connectivity index (χ2v) is 3.90. The second kappa shape index (κ2) is 3.43. The third kappa shape index (κ3) is 1.32. The van der Waals surface area contributed by atoms with E-state index in [4.69, 9.17) is 8.83 Å². The SMILES string of the molecule is [c]1ccc(-c2nc3cc4o[c]nc4cc3o2)cc1. The number of oxazole rings is 2. The zero-order valence-corrected chi connectivity index (χ0v) is 9.18. The van der Waals surface area contributed by atoms with Gasteiger partial charge in [-0.2, -0.15) is 0 Å². The molecule has 2 radical (unpaired) electrons. The molecule has 0 aliphatic heterocycles. The molecule has 0 saturated heterocycles. The van der Waals surface area contributed by atoms with Crippen LogP contribution in [0.3, 0.4) is 0 Å². The zero-order chi connectivity index (χ0) is 11.9. The van der Waals surface area contributed by atoms with E-state index in [9.17, 15) is 0 Å². The summed E-state index contributed by atoms with van der Waals surface area (Å²) in [7, 11) is 0. The number of fused-ring (bicyclic) bond motifs is 2. The van der Waals surface area contributed by atoms with Gasteiger partial charge in [-0.3, -0.25) is 0 Å². The fourth-order valence-electron chi connectivity index (χ4n) is 1.89. The van der Waals surface area contributed by atoms with Gasteiger partial charge >= 0.3 is 0 Å². The zero-order valence-electron chi connectivity index (χ0n) is 9.18. The minimum Gasteiger partial charge on any atom is -0.436 e. The number of hydrogen-bond donors (Lipinski definition) is 0. The van der Waals surface area contributed by atoms with Crippen LogP contribution >= 0.6 is 0 Å². The van der Waals surface area contributed by atoms with E-state index in [1.54, 1.807) is 12.1 Å². The van der Waals surface area contributed by atoms with Crippen LogP contribution < -0.4 is 0 Å². The normalized spacial score (nSPS) is 11.3. The molecule has 0 N–H and O–H groups in total. The highest BCUT2D eigenvalue weighted by Gasteiger charge is 2.10. The standard InChI is InChI=1S/C14H6N2O2/c1-2-4-9(5-3-1)14-16-11-7-12-10(15-8-17-12)6-13(11)18-14/h2-7H. The lowest BCUT2D eigenvalue weighted by Gasteiger charge is -1.91. The Bertz CT molecular complexity index is 783. The highest BCUT2D eigenvalue weighted by molar-refractivity contribution is 5.89. The molecule has 4 aromatic rings. The van der Waals surface area contributed by atoms with Gasteiger partial charge in [0.05, 0.1) is 0 Å². The molecule has 0 spiro atoms. The van der Waals surface area contributed by atoms with E-state index < -0.39 is 0 Å². The molecule has 0 amide bonds. The third-order valence-electron chi connectivity index (χ3n) is 2.76. The van der Waals surface area contributed by atoms with Crippen LogP contribution in [0, 0.1) is 12.5 Å². The van der Waals surface area contributed by atoms with Crippen LogP contribution in [0.5, 0.6) is 0 Å². The summed E-state index contributed by atoms with van der Waals surface area (Å²) < 4.78 is 10.8. The van der Waals surface area contributed by atoms with Crippen LogP contribution in [0.15, 0.2) is 45.2 Å². The lowest BCUT2D eigenvalue weighted by molar-refractivity contribution is 0.591. The molecular formula is C14H6N2O2. The van der Waals surface area contributed by atoms with Crippen molar-refractivity contribution in [3.8, 4) is 11.5 Å². The first-order valence-corrected chi connectivity index (χ1v) is 5.44. The molecular weight excluding hydrogens is 228 g/mol. The van der Waals surface area contributed by atoms with Crippen LogP contribution in [0.2, 0.25) is 0 Å². The summed E-state index contributed by atoms with van der Waals surface area (Å²) in [5.74, 6) is 0.579. The van der Waals surface area contributed by atoms with Gasteiger partial charge in [0.15, 0.2) is 11.2 Å². The molecule has 18 heavy (non-hydrogen) atoms. The first-order valence-electron chi connectivity index (χ1n) is 5.44. The Morgan fingerprint density at radius 2 is 1.83 bits per heavy atom. The van der Waals surface area contributed by atoms with Crippen molar-refractivity contribution in [2.45, 2.75) is 0 Å². The Labute approximate surface area is 102 Å². The highest BCUT2D eigenvalue weighted by atomic mass is 16.4. The number of rotatable bonds is 1. The molecule has 84 valence electrons. The summed E-state index contributed by atoms with van der Waals surface area (Å²) in [4.78, 5) is 8.40. The van der Waals surface area contributed by atoms with Crippen molar-refractivity contribution in [1.82, 2.24) is 9.97 Å². The topological polar surface area (TPSA) is 52.1 Å². The van der Waals surface area contributed by atoms with Crippen molar-refractivity contribution in [3.63, 3.8) is 0 Å². The van der Waals surface area contributed by atoms with E-state index >= 15 is 0 Å². The predicted molar refractivity (Wildman–Crippen MR) is 64.7 cm³/mol. The van der Waals surface area contributed by atoms with E-state index in [0.29, 0.717) is 22.6 Å². The van der Waals surface area contributed by atoms with Crippen LogP contribution in [0.4, 0.5) is 0 Å². The fourth-order valence-corrected chi connectivity index (χ4v) is 1.89. The lowest BCUT2D eigenvalue weighted by Crippen LogP contribution is -1.74. The lowest BCUT2D eigenvalue weighted by atomic mass is 10.2. The summed E-state index contributed by atoms with van der Waals surface area (Å²) >= 11 is 0. The first kappa shape index (κ1) is 9.41. The molecule has 4 rings (SSSR count). The quantitative estimate of drug-likeness (QED) is 0.507. The maximum atomic E-state index is 5.71. The molecule has 0 saturated carbocycles. The predicted octanol–water partition coefficient (Wildman–Crippen LogP) is 3.24. The summed E-state index contributed by atoms with van der Waals surface area (Å²) in [6.07, 6.45) is 2.45. The van der Waals surface area contributed by atoms with Gasteiger partial charge in [-0.25, -0.2) is 9.97 Å². The highest BCUT2D eigenvalue weighted by Crippen LogP contribution is 2.27. The number of aromatic nitrogens is 2. The van der Waals surface area contributed by atoms with Gasteiger partial charge in [0.2, 0.25) is 5.89 Å². The molecule has 0 aliphatic rings. The van der Waals surface area contributed by atoms with Crippen molar-refractivity contribution < 1.29 is 8.83 Å².